The highest BCUT2D eigenvalue weighted by Gasteiger charge is 2.34. The number of ether oxygens (including phenoxy) is 1. The van der Waals surface area contributed by atoms with Gasteiger partial charge in [-0.2, -0.15) is 0 Å². The molecule has 1 aromatic heterocycles. The predicted octanol–water partition coefficient (Wildman–Crippen LogP) is 2.38. The summed E-state index contributed by atoms with van der Waals surface area (Å²) in [5.74, 6) is 0.958. The number of rotatable bonds is 6. The van der Waals surface area contributed by atoms with E-state index in [1.165, 1.54) is 5.00 Å². The van der Waals surface area contributed by atoms with Crippen molar-refractivity contribution in [2.45, 2.75) is 44.2 Å². The molecule has 7 heteroatoms. The molecule has 2 aliphatic rings. The molecule has 0 atom stereocenters. The third kappa shape index (κ3) is 5.36. The number of likely N-dealkylation sites (N-methyl/N-ethyl adjacent to an activating group) is 1. The van der Waals surface area contributed by atoms with Gasteiger partial charge in [-0.05, 0) is 64.2 Å². The molecule has 27 heavy (non-hydrogen) atoms. The summed E-state index contributed by atoms with van der Waals surface area (Å²) in [5.41, 5.74) is 0.114. The van der Waals surface area contributed by atoms with E-state index in [4.69, 9.17) is 9.73 Å². The number of nitrogens with zero attached hydrogens (tertiary/aromatic N) is 3. The van der Waals surface area contributed by atoms with Crippen LogP contribution in [0.4, 0.5) is 5.00 Å². The normalized spacial score (nSPS) is 21.5. The molecule has 0 aromatic carbocycles. The molecule has 0 bridgehead atoms. The fourth-order valence-corrected chi connectivity index (χ4v) is 4.72. The fraction of sp³-hybridized carbons (Fsp3) is 0.750. The van der Waals surface area contributed by atoms with Crippen molar-refractivity contribution in [2.24, 2.45) is 4.99 Å². The largest absolute Gasteiger partial charge is 0.381 e. The first-order valence-electron chi connectivity index (χ1n) is 10.2. The van der Waals surface area contributed by atoms with Crippen molar-refractivity contribution in [3.8, 4) is 0 Å². The average molecular weight is 394 g/mol. The molecular weight excluding hydrogens is 358 g/mol. The van der Waals surface area contributed by atoms with Crippen molar-refractivity contribution in [1.29, 1.82) is 0 Å². The Bertz CT molecular complexity index is 575. The van der Waals surface area contributed by atoms with Crippen LogP contribution in [0.1, 0.15) is 32.6 Å². The zero-order chi connectivity index (χ0) is 19.1. The van der Waals surface area contributed by atoms with Crippen LogP contribution in [0.25, 0.3) is 0 Å². The standard InChI is InChI=1S/C20H35N5OS/c1-4-21-19(22-16-20(24(2)3)9-13-26-14-10-20)23-17-7-11-25(12-8-17)18-6-5-15-27-18/h5-6,15,17H,4,7-14,16H2,1-3H3,(H2,21,22,23). The van der Waals surface area contributed by atoms with Gasteiger partial charge in [-0.15, -0.1) is 11.3 Å². The van der Waals surface area contributed by atoms with Crippen molar-refractivity contribution < 1.29 is 4.74 Å². The highest BCUT2D eigenvalue weighted by Crippen LogP contribution is 2.27. The summed E-state index contributed by atoms with van der Waals surface area (Å²) in [6.07, 6.45) is 4.38. The van der Waals surface area contributed by atoms with Gasteiger partial charge in [0.15, 0.2) is 5.96 Å². The summed E-state index contributed by atoms with van der Waals surface area (Å²) in [7, 11) is 4.34. The molecule has 2 saturated heterocycles. The molecule has 2 aliphatic heterocycles. The topological polar surface area (TPSA) is 52.1 Å². The molecule has 0 aliphatic carbocycles. The number of thiophene rings is 1. The summed E-state index contributed by atoms with van der Waals surface area (Å²) in [6, 6.07) is 4.85. The molecule has 0 unspecified atom stereocenters. The van der Waals surface area contributed by atoms with Gasteiger partial charge >= 0.3 is 0 Å². The van der Waals surface area contributed by atoms with Crippen LogP contribution in [-0.4, -0.2) is 75.9 Å². The molecule has 2 N–H and O–H groups in total. The van der Waals surface area contributed by atoms with Crippen LogP contribution >= 0.6 is 11.3 Å². The van der Waals surface area contributed by atoms with Crippen molar-refractivity contribution in [2.75, 3.05) is 58.4 Å². The Balaban J connectivity index is 1.56. The monoisotopic (exact) mass is 393 g/mol. The first-order valence-corrected chi connectivity index (χ1v) is 11.1. The van der Waals surface area contributed by atoms with E-state index >= 15 is 0 Å². The van der Waals surface area contributed by atoms with E-state index in [1.54, 1.807) is 0 Å². The Labute approximate surface area is 168 Å². The Morgan fingerprint density at radius 3 is 2.67 bits per heavy atom. The maximum atomic E-state index is 5.58. The molecule has 0 spiro atoms. The van der Waals surface area contributed by atoms with Crippen LogP contribution in [0.15, 0.2) is 22.5 Å². The third-order valence-corrected chi connectivity index (χ3v) is 6.83. The number of hydrogen-bond donors (Lipinski definition) is 2. The predicted molar refractivity (Wildman–Crippen MR) is 115 cm³/mol. The van der Waals surface area contributed by atoms with E-state index in [-0.39, 0.29) is 5.54 Å². The Morgan fingerprint density at radius 1 is 1.33 bits per heavy atom. The lowest BCUT2D eigenvalue weighted by Crippen LogP contribution is -2.53. The first-order chi connectivity index (χ1) is 13.1. The van der Waals surface area contributed by atoms with E-state index < -0.39 is 0 Å². The maximum absolute atomic E-state index is 5.58. The zero-order valence-corrected chi connectivity index (χ0v) is 17.9. The Morgan fingerprint density at radius 2 is 2.07 bits per heavy atom. The highest BCUT2D eigenvalue weighted by atomic mass is 32.1. The van der Waals surface area contributed by atoms with Crippen LogP contribution in [0.2, 0.25) is 0 Å². The second-order valence-corrected chi connectivity index (χ2v) is 8.71. The van der Waals surface area contributed by atoms with Gasteiger partial charge < -0.3 is 25.2 Å². The van der Waals surface area contributed by atoms with E-state index in [9.17, 15) is 0 Å². The molecule has 152 valence electrons. The van der Waals surface area contributed by atoms with Gasteiger partial charge in [0.2, 0.25) is 0 Å². The summed E-state index contributed by atoms with van der Waals surface area (Å²) in [6.45, 7) is 7.71. The summed E-state index contributed by atoms with van der Waals surface area (Å²) < 4.78 is 5.58. The second-order valence-electron chi connectivity index (χ2n) is 7.78. The van der Waals surface area contributed by atoms with E-state index in [0.717, 1.165) is 71.0 Å². The average Bonchev–Trinajstić information content (AvgIpc) is 3.22. The van der Waals surface area contributed by atoms with Gasteiger partial charge in [0.1, 0.15) is 0 Å². The highest BCUT2D eigenvalue weighted by molar-refractivity contribution is 7.14. The molecule has 6 nitrogen and oxygen atoms in total. The van der Waals surface area contributed by atoms with Gasteiger partial charge in [0, 0.05) is 44.4 Å². The Kier molecular flexibility index (Phi) is 7.38. The molecule has 0 saturated carbocycles. The van der Waals surface area contributed by atoms with Crippen LogP contribution < -0.4 is 15.5 Å². The number of guanidine groups is 1. The first kappa shape index (κ1) is 20.4. The van der Waals surface area contributed by atoms with E-state index in [2.05, 4.69) is 59.0 Å². The summed E-state index contributed by atoms with van der Waals surface area (Å²) in [4.78, 5) is 9.81. The Hall–Kier alpha value is -1.31. The lowest BCUT2D eigenvalue weighted by molar-refractivity contribution is -0.00255. The minimum Gasteiger partial charge on any atom is -0.381 e. The fourth-order valence-electron chi connectivity index (χ4n) is 3.93. The van der Waals surface area contributed by atoms with Gasteiger partial charge in [0.05, 0.1) is 11.5 Å². The second kappa shape index (κ2) is 9.75. The molecule has 2 fully saturated rings. The van der Waals surface area contributed by atoms with Crippen molar-refractivity contribution in [3.63, 3.8) is 0 Å². The third-order valence-electron chi connectivity index (χ3n) is 5.90. The van der Waals surface area contributed by atoms with Crippen molar-refractivity contribution >= 4 is 22.3 Å². The van der Waals surface area contributed by atoms with E-state index in [0.29, 0.717) is 6.04 Å². The number of hydrogen-bond acceptors (Lipinski definition) is 5. The summed E-state index contributed by atoms with van der Waals surface area (Å²) in [5, 5.41) is 10.7. The molecule has 0 radical (unpaired) electrons. The molecule has 0 amide bonds. The van der Waals surface area contributed by atoms with Crippen molar-refractivity contribution in [1.82, 2.24) is 15.5 Å². The molecule has 3 rings (SSSR count). The van der Waals surface area contributed by atoms with Gasteiger partial charge in [-0.25, -0.2) is 0 Å². The molecular formula is C20H35N5OS. The lowest BCUT2D eigenvalue weighted by Gasteiger charge is -2.42. The van der Waals surface area contributed by atoms with Crippen LogP contribution in [0, 0.1) is 0 Å². The number of nitrogens with one attached hydrogen (secondary N) is 2. The van der Waals surface area contributed by atoms with E-state index in [1.807, 2.05) is 11.3 Å². The van der Waals surface area contributed by atoms with Crippen LogP contribution in [0.3, 0.4) is 0 Å². The minimum atomic E-state index is 0.114. The van der Waals surface area contributed by atoms with Crippen LogP contribution in [0.5, 0.6) is 0 Å². The minimum absolute atomic E-state index is 0.114. The lowest BCUT2D eigenvalue weighted by atomic mass is 9.89. The number of anilines is 1. The summed E-state index contributed by atoms with van der Waals surface area (Å²) >= 11 is 1.83. The number of aliphatic imine (C=N–C) groups is 1. The smallest absolute Gasteiger partial charge is 0.191 e. The zero-order valence-electron chi connectivity index (χ0n) is 17.0. The van der Waals surface area contributed by atoms with Gasteiger partial charge in [-0.3, -0.25) is 4.99 Å². The van der Waals surface area contributed by atoms with Gasteiger partial charge in [0.25, 0.3) is 0 Å². The maximum Gasteiger partial charge on any atom is 0.191 e. The number of piperidine rings is 1. The molecule has 1 aromatic rings. The van der Waals surface area contributed by atoms with Crippen LogP contribution in [-0.2, 0) is 4.74 Å². The van der Waals surface area contributed by atoms with Crippen molar-refractivity contribution in [3.05, 3.63) is 17.5 Å². The molecule has 3 heterocycles. The quantitative estimate of drug-likeness (QED) is 0.574. The van der Waals surface area contributed by atoms with Gasteiger partial charge in [-0.1, -0.05) is 0 Å². The SMILES string of the molecule is CCNC(=NCC1(N(C)C)CCOCC1)NC1CCN(c2cccs2)CC1.